The highest BCUT2D eigenvalue weighted by atomic mass is 32.2. The van der Waals surface area contributed by atoms with Crippen molar-refractivity contribution >= 4 is 9.84 Å². The van der Waals surface area contributed by atoms with E-state index in [1.807, 2.05) is 12.1 Å². The minimum Gasteiger partial charge on any atom is -0.508 e. The van der Waals surface area contributed by atoms with E-state index in [9.17, 15) is 8.42 Å². The van der Waals surface area contributed by atoms with Gasteiger partial charge in [-0.15, -0.1) is 0 Å². The van der Waals surface area contributed by atoms with Crippen LogP contribution in [0.2, 0.25) is 0 Å². The zero-order valence-corrected chi connectivity index (χ0v) is 11.7. The largest absolute Gasteiger partial charge is 0.508 e. The topological polar surface area (TPSA) is 66.4 Å². The molecule has 102 valence electrons. The highest BCUT2D eigenvalue weighted by Gasteiger charge is 2.05. The second-order valence-corrected chi connectivity index (χ2v) is 6.97. The Morgan fingerprint density at radius 3 is 2.44 bits per heavy atom. The summed E-state index contributed by atoms with van der Waals surface area (Å²) in [4.78, 5) is 0. The monoisotopic (exact) mass is 271 g/mol. The van der Waals surface area contributed by atoms with Crippen LogP contribution in [0.5, 0.6) is 5.75 Å². The lowest BCUT2D eigenvalue weighted by molar-refractivity contribution is 0.474. The number of hydrogen-bond donors (Lipinski definition) is 2. The number of phenolic OH excluding ortho intramolecular Hbond substituents is 1. The fraction of sp³-hybridized carbons (Fsp3) is 0.538. The van der Waals surface area contributed by atoms with Gasteiger partial charge in [-0.2, -0.15) is 0 Å². The van der Waals surface area contributed by atoms with Gasteiger partial charge in [0.15, 0.2) is 0 Å². The van der Waals surface area contributed by atoms with Crippen molar-refractivity contribution in [1.29, 1.82) is 0 Å². The Kier molecular flexibility index (Phi) is 5.62. The smallest absolute Gasteiger partial charge is 0.147 e. The predicted molar refractivity (Wildman–Crippen MR) is 73.6 cm³/mol. The molecule has 0 saturated carbocycles. The summed E-state index contributed by atoms with van der Waals surface area (Å²) in [5, 5.41) is 12.5. The van der Waals surface area contributed by atoms with Gasteiger partial charge in [0.1, 0.15) is 15.6 Å². The molecule has 1 aromatic rings. The molecule has 4 nitrogen and oxygen atoms in total. The van der Waals surface area contributed by atoms with Gasteiger partial charge in [-0.25, -0.2) is 8.42 Å². The Morgan fingerprint density at radius 1 is 1.28 bits per heavy atom. The van der Waals surface area contributed by atoms with E-state index in [1.54, 1.807) is 12.1 Å². The van der Waals surface area contributed by atoms with Crippen LogP contribution >= 0.6 is 0 Å². The van der Waals surface area contributed by atoms with Gasteiger partial charge in [0.2, 0.25) is 0 Å². The first-order chi connectivity index (χ1) is 8.37. The van der Waals surface area contributed by atoms with E-state index in [0.717, 1.165) is 12.0 Å². The predicted octanol–water partition coefficient (Wildman–Crippen LogP) is 1.35. The van der Waals surface area contributed by atoms with Gasteiger partial charge < -0.3 is 10.4 Å². The first kappa shape index (κ1) is 15.0. The lowest BCUT2D eigenvalue weighted by atomic mass is 10.1. The molecule has 0 aliphatic rings. The summed E-state index contributed by atoms with van der Waals surface area (Å²) >= 11 is 0. The van der Waals surface area contributed by atoms with Gasteiger partial charge in [-0.05, 0) is 44.0 Å². The molecule has 0 amide bonds. The summed E-state index contributed by atoms with van der Waals surface area (Å²) in [6.45, 7) is 2.76. The molecule has 0 spiro atoms. The molecule has 1 rings (SSSR count). The summed E-state index contributed by atoms with van der Waals surface area (Å²) in [6, 6.07) is 7.42. The van der Waals surface area contributed by atoms with Crippen molar-refractivity contribution in [3.63, 3.8) is 0 Å². The second-order valence-electron chi connectivity index (χ2n) is 4.71. The Labute approximate surface area is 109 Å². The molecule has 0 aliphatic carbocycles. The number of phenols is 1. The van der Waals surface area contributed by atoms with E-state index in [4.69, 9.17) is 5.11 Å². The molecule has 0 aliphatic heterocycles. The van der Waals surface area contributed by atoms with E-state index in [1.165, 1.54) is 6.26 Å². The second kappa shape index (κ2) is 6.75. The number of aromatic hydroxyl groups is 1. The summed E-state index contributed by atoms with van der Waals surface area (Å²) in [5.41, 5.74) is 1.15. The van der Waals surface area contributed by atoms with E-state index >= 15 is 0 Å². The lowest BCUT2D eigenvalue weighted by Gasteiger charge is -2.13. The van der Waals surface area contributed by atoms with Crippen LogP contribution in [0.25, 0.3) is 0 Å². The summed E-state index contributed by atoms with van der Waals surface area (Å²) in [6.07, 6.45) is 2.75. The molecular formula is C13H21NO3S. The fourth-order valence-electron chi connectivity index (χ4n) is 1.74. The minimum atomic E-state index is -2.85. The number of hydrogen-bond acceptors (Lipinski definition) is 4. The summed E-state index contributed by atoms with van der Waals surface area (Å²) in [7, 11) is -2.85. The average molecular weight is 271 g/mol. The van der Waals surface area contributed by atoms with Crippen molar-refractivity contribution in [3.8, 4) is 5.75 Å². The number of sulfone groups is 1. The molecule has 0 bridgehead atoms. The van der Waals surface area contributed by atoms with E-state index in [2.05, 4.69) is 12.2 Å². The quantitative estimate of drug-likeness (QED) is 0.735. The van der Waals surface area contributed by atoms with E-state index in [0.29, 0.717) is 13.0 Å². The fourth-order valence-corrected chi connectivity index (χ4v) is 2.41. The van der Waals surface area contributed by atoms with Crippen LogP contribution in [0.3, 0.4) is 0 Å². The van der Waals surface area contributed by atoms with Crippen LogP contribution in [-0.2, 0) is 16.3 Å². The van der Waals surface area contributed by atoms with Gasteiger partial charge in [0, 0.05) is 12.3 Å². The first-order valence-electron chi connectivity index (χ1n) is 6.06. The zero-order chi connectivity index (χ0) is 13.6. The maximum absolute atomic E-state index is 10.9. The van der Waals surface area contributed by atoms with Gasteiger partial charge in [-0.1, -0.05) is 12.1 Å². The Bertz CT molecular complexity index is 454. The molecule has 1 aromatic carbocycles. The Hall–Kier alpha value is -1.07. The van der Waals surface area contributed by atoms with Crippen LogP contribution in [0.15, 0.2) is 24.3 Å². The molecule has 0 aromatic heterocycles. The van der Waals surface area contributed by atoms with Crippen LogP contribution < -0.4 is 5.32 Å². The van der Waals surface area contributed by atoms with E-state index in [-0.39, 0.29) is 17.5 Å². The third kappa shape index (κ3) is 6.61. The maximum Gasteiger partial charge on any atom is 0.147 e. The van der Waals surface area contributed by atoms with Crippen molar-refractivity contribution in [2.24, 2.45) is 0 Å². The van der Waals surface area contributed by atoms with Crippen molar-refractivity contribution in [2.75, 3.05) is 18.6 Å². The van der Waals surface area contributed by atoms with Crippen molar-refractivity contribution in [3.05, 3.63) is 29.8 Å². The average Bonchev–Trinajstić information content (AvgIpc) is 2.26. The van der Waals surface area contributed by atoms with Crippen molar-refractivity contribution in [2.45, 2.75) is 25.8 Å². The van der Waals surface area contributed by atoms with Gasteiger partial charge in [0.25, 0.3) is 0 Å². The number of nitrogens with one attached hydrogen (secondary N) is 1. The van der Waals surface area contributed by atoms with Gasteiger partial charge >= 0.3 is 0 Å². The van der Waals surface area contributed by atoms with Gasteiger partial charge in [-0.3, -0.25) is 0 Å². The molecule has 0 heterocycles. The molecule has 18 heavy (non-hydrogen) atoms. The molecule has 1 unspecified atom stereocenters. The van der Waals surface area contributed by atoms with Crippen LogP contribution in [-0.4, -0.2) is 38.1 Å². The first-order valence-corrected chi connectivity index (χ1v) is 8.12. The Balaban J connectivity index is 2.25. The Morgan fingerprint density at radius 2 is 1.89 bits per heavy atom. The molecule has 5 heteroatoms. The van der Waals surface area contributed by atoms with Crippen LogP contribution in [0.1, 0.15) is 18.9 Å². The molecular weight excluding hydrogens is 250 g/mol. The third-order valence-electron chi connectivity index (χ3n) is 2.66. The molecule has 1 atom stereocenters. The molecule has 2 N–H and O–H groups in total. The molecule has 0 saturated heterocycles. The zero-order valence-electron chi connectivity index (χ0n) is 10.9. The van der Waals surface area contributed by atoms with Crippen LogP contribution in [0, 0.1) is 0 Å². The minimum absolute atomic E-state index is 0.228. The van der Waals surface area contributed by atoms with E-state index < -0.39 is 9.84 Å². The third-order valence-corrected chi connectivity index (χ3v) is 3.69. The summed E-state index contributed by atoms with van der Waals surface area (Å²) < 4.78 is 21.9. The van der Waals surface area contributed by atoms with Crippen LogP contribution in [0.4, 0.5) is 0 Å². The van der Waals surface area contributed by atoms with Crippen molar-refractivity contribution < 1.29 is 13.5 Å². The van der Waals surface area contributed by atoms with Crippen molar-refractivity contribution in [1.82, 2.24) is 5.32 Å². The molecule has 0 radical (unpaired) electrons. The highest BCUT2D eigenvalue weighted by molar-refractivity contribution is 7.90. The normalized spacial score (nSPS) is 13.4. The maximum atomic E-state index is 10.9. The lowest BCUT2D eigenvalue weighted by Crippen LogP contribution is -2.29. The highest BCUT2D eigenvalue weighted by Crippen LogP contribution is 2.11. The SMILES string of the molecule is CC(Cc1ccc(O)cc1)NCCCS(C)(=O)=O. The molecule has 0 fully saturated rings. The number of benzene rings is 1. The summed E-state index contributed by atoms with van der Waals surface area (Å²) in [5.74, 6) is 0.499. The number of rotatable bonds is 7. The standard InChI is InChI=1S/C13H21NO3S/c1-11(14-8-3-9-18(2,16)17)10-12-4-6-13(15)7-5-12/h4-7,11,14-15H,3,8-10H2,1-2H3. The van der Waals surface area contributed by atoms with Gasteiger partial charge in [0.05, 0.1) is 5.75 Å².